The van der Waals surface area contributed by atoms with Gasteiger partial charge in [0.1, 0.15) is 0 Å². The molecule has 0 aromatic heterocycles. The molecule has 168 valence electrons. The third kappa shape index (κ3) is 12.6. The van der Waals surface area contributed by atoms with Gasteiger partial charge in [-0.25, -0.2) is 4.79 Å². The summed E-state index contributed by atoms with van der Waals surface area (Å²) < 4.78 is 0. The maximum Gasteiger partial charge on any atom is 0.328 e. The highest BCUT2D eigenvalue weighted by Crippen LogP contribution is 2.15. The van der Waals surface area contributed by atoms with Crippen LogP contribution in [0.4, 0.5) is 0 Å². The van der Waals surface area contributed by atoms with Crippen molar-refractivity contribution in [3.05, 3.63) is 47.0 Å². The van der Waals surface area contributed by atoms with Crippen molar-refractivity contribution in [1.82, 2.24) is 0 Å². The zero-order valence-corrected chi connectivity index (χ0v) is 19.3. The summed E-state index contributed by atoms with van der Waals surface area (Å²) in [5.41, 5.74) is 2.04. The van der Waals surface area contributed by atoms with E-state index in [4.69, 9.17) is 5.11 Å². The molecule has 0 aliphatic carbocycles. The molecule has 0 heterocycles. The molecule has 0 amide bonds. The number of hydrogen-bond acceptors (Lipinski definition) is 2. The molecule has 0 saturated carbocycles. The van der Waals surface area contributed by atoms with Crippen LogP contribution < -0.4 is 0 Å². The van der Waals surface area contributed by atoms with Gasteiger partial charge in [-0.15, -0.1) is 0 Å². The summed E-state index contributed by atoms with van der Waals surface area (Å²) in [7, 11) is 0. The van der Waals surface area contributed by atoms with Crippen LogP contribution >= 0.6 is 0 Å². The van der Waals surface area contributed by atoms with Crippen molar-refractivity contribution in [2.24, 2.45) is 0 Å². The van der Waals surface area contributed by atoms with Gasteiger partial charge in [-0.1, -0.05) is 115 Å². The van der Waals surface area contributed by atoms with Crippen LogP contribution in [0.25, 0.3) is 0 Å². The summed E-state index contributed by atoms with van der Waals surface area (Å²) in [5, 5.41) is 8.75. The molecule has 0 unspecified atom stereocenters. The van der Waals surface area contributed by atoms with Crippen molar-refractivity contribution >= 4 is 11.8 Å². The molecule has 1 aromatic carbocycles. The molecule has 0 aliphatic rings. The molecule has 0 bridgehead atoms. The lowest BCUT2D eigenvalue weighted by molar-refractivity contribution is -0.131. The van der Waals surface area contributed by atoms with E-state index in [-0.39, 0.29) is 11.4 Å². The van der Waals surface area contributed by atoms with Crippen molar-refractivity contribution in [2.75, 3.05) is 0 Å². The van der Waals surface area contributed by atoms with Gasteiger partial charge in [0.2, 0.25) is 0 Å². The predicted octanol–water partition coefficient (Wildman–Crippen LogP) is 7.92. The molecule has 30 heavy (non-hydrogen) atoms. The molecule has 0 saturated heterocycles. The van der Waals surface area contributed by atoms with Crippen molar-refractivity contribution in [3.63, 3.8) is 0 Å². The van der Waals surface area contributed by atoms with Crippen LogP contribution in [0.5, 0.6) is 0 Å². The van der Waals surface area contributed by atoms with Crippen LogP contribution in [-0.2, 0) is 11.2 Å². The Balaban J connectivity index is 2.04. The van der Waals surface area contributed by atoms with E-state index in [0.717, 1.165) is 12.5 Å². The molecule has 0 radical (unpaired) electrons. The zero-order chi connectivity index (χ0) is 22.0. The third-order valence-electron chi connectivity index (χ3n) is 5.73. The number of aliphatic carboxylic acids is 1. The summed E-state index contributed by atoms with van der Waals surface area (Å²) in [5.74, 6) is -1.31. The van der Waals surface area contributed by atoms with Gasteiger partial charge in [-0.3, -0.25) is 4.79 Å². The fourth-order valence-corrected chi connectivity index (χ4v) is 3.82. The van der Waals surface area contributed by atoms with E-state index in [2.05, 4.69) is 6.92 Å². The number of benzene rings is 1. The van der Waals surface area contributed by atoms with Gasteiger partial charge in [0, 0.05) is 17.2 Å². The van der Waals surface area contributed by atoms with E-state index in [0.29, 0.717) is 5.56 Å². The van der Waals surface area contributed by atoms with Gasteiger partial charge in [0.25, 0.3) is 0 Å². The summed E-state index contributed by atoms with van der Waals surface area (Å²) >= 11 is 0. The second kappa shape index (κ2) is 16.8. The Labute approximate surface area is 184 Å². The van der Waals surface area contributed by atoms with E-state index >= 15 is 0 Å². The van der Waals surface area contributed by atoms with Gasteiger partial charge in [0.15, 0.2) is 5.78 Å². The lowest BCUT2D eigenvalue weighted by Crippen LogP contribution is -2.03. The summed E-state index contributed by atoms with van der Waals surface area (Å²) in [6, 6.07) is 7.59. The Morgan fingerprint density at radius 2 is 1.17 bits per heavy atom. The summed E-state index contributed by atoms with van der Waals surface area (Å²) in [4.78, 5) is 22.8. The minimum Gasteiger partial charge on any atom is -0.478 e. The Bertz CT molecular complexity index is 628. The molecular weight excluding hydrogens is 372 g/mol. The number of unbranched alkanes of at least 4 members (excludes halogenated alkanes) is 13. The van der Waals surface area contributed by atoms with E-state index in [1.807, 2.05) is 12.1 Å². The Morgan fingerprint density at radius 1 is 0.733 bits per heavy atom. The number of hydrogen-bond donors (Lipinski definition) is 1. The van der Waals surface area contributed by atoms with Crippen LogP contribution in [0.3, 0.4) is 0 Å². The quantitative estimate of drug-likeness (QED) is 0.151. The van der Waals surface area contributed by atoms with Gasteiger partial charge in [0.05, 0.1) is 0 Å². The Morgan fingerprint density at radius 3 is 1.60 bits per heavy atom. The fourth-order valence-electron chi connectivity index (χ4n) is 3.82. The number of rotatable bonds is 18. The first-order valence-electron chi connectivity index (χ1n) is 12.1. The van der Waals surface area contributed by atoms with Crippen LogP contribution in [0, 0.1) is 0 Å². The molecule has 0 spiro atoms. The summed E-state index contributed by atoms with van der Waals surface area (Å²) in [6.45, 7) is 3.81. The van der Waals surface area contributed by atoms with Crippen molar-refractivity contribution in [3.8, 4) is 0 Å². The van der Waals surface area contributed by atoms with E-state index in [9.17, 15) is 9.59 Å². The van der Waals surface area contributed by atoms with Crippen LogP contribution in [0.2, 0.25) is 0 Å². The minimum atomic E-state index is -1.09. The Hall–Kier alpha value is -1.90. The first-order valence-corrected chi connectivity index (χ1v) is 12.1. The van der Waals surface area contributed by atoms with E-state index in [1.165, 1.54) is 95.5 Å². The van der Waals surface area contributed by atoms with E-state index in [1.54, 1.807) is 19.1 Å². The second-order valence-corrected chi connectivity index (χ2v) is 8.54. The first kappa shape index (κ1) is 26.1. The number of carboxylic acids is 1. The highest BCUT2D eigenvalue weighted by atomic mass is 16.4. The fraction of sp³-hybridized carbons (Fsp3) is 0.630. The monoisotopic (exact) mass is 414 g/mol. The molecule has 3 heteroatoms. The zero-order valence-electron chi connectivity index (χ0n) is 19.3. The average Bonchev–Trinajstić information content (AvgIpc) is 2.73. The molecule has 3 nitrogen and oxygen atoms in total. The molecule has 1 N–H and O–H groups in total. The van der Waals surface area contributed by atoms with E-state index < -0.39 is 5.97 Å². The predicted molar refractivity (Wildman–Crippen MR) is 126 cm³/mol. The lowest BCUT2D eigenvalue weighted by atomic mass is 10.00. The molecule has 0 fully saturated rings. The topological polar surface area (TPSA) is 54.4 Å². The maximum atomic E-state index is 12.2. The molecule has 1 rings (SSSR count). The minimum absolute atomic E-state index is 0.222. The lowest BCUT2D eigenvalue weighted by Gasteiger charge is -2.05. The summed E-state index contributed by atoms with van der Waals surface area (Å²) in [6.07, 6.45) is 21.1. The van der Waals surface area contributed by atoms with Crippen LogP contribution in [0.1, 0.15) is 120 Å². The SMILES string of the molecule is CCCCCCCCCCCCCCCCc1ccc(C(=O)/C(C)=C\C(=O)O)cc1. The van der Waals surface area contributed by atoms with Gasteiger partial charge in [-0.2, -0.15) is 0 Å². The van der Waals surface area contributed by atoms with Crippen LogP contribution in [-0.4, -0.2) is 16.9 Å². The number of carboxylic acid groups (broad SMARTS) is 1. The molecule has 0 aliphatic heterocycles. The van der Waals surface area contributed by atoms with Crippen molar-refractivity contribution in [1.29, 1.82) is 0 Å². The normalized spacial score (nSPS) is 11.6. The average molecular weight is 415 g/mol. The third-order valence-corrected chi connectivity index (χ3v) is 5.73. The highest BCUT2D eigenvalue weighted by molar-refractivity contribution is 6.10. The highest BCUT2D eigenvalue weighted by Gasteiger charge is 2.09. The smallest absolute Gasteiger partial charge is 0.328 e. The molecule has 1 aromatic rings. The number of ketones is 1. The van der Waals surface area contributed by atoms with Gasteiger partial charge >= 0.3 is 5.97 Å². The Kier molecular flexibility index (Phi) is 14.7. The number of aryl methyl sites for hydroxylation is 1. The molecule has 0 atom stereocenters. The number of allylic oxidation sites excluding steroid dienone is 1. The van der Waals surface area contributed by atoms with Crippen molar-refractivity contribution < 1.29 is 14.7 Å². The van der Waals surface area contributed by atoms with Crippen LogP contribution in [0.15, 0.2) is 35.9 Å². The van der Waals surface area contributed by atoms with Gasteiger partial charge in [-0.05, 0) is 25.3 Å². The first-order chi connectivity index (χ1) is 14.5. The maximum absolute atomic E-state index is 12.2. The molecular formula is C27H42O3. The number of carbonyl (C=O) groups is 2. The number of Topliss-reactive ketones (excluding diaryl/α,β-unsaturated/α-hetero) is 1. The van der Waals surface area contributed by atoms with Crippen molar-refractivity contribution in [2.45, 2.75) is 110 Å². The largest absolute Gasteiger partial charge is 0.478 e. The number of carbonyl (C=O) groups excluding carboxylic acids is 1. The standard InChI is InChI=1S/C27H42O3/c1-3-4-5-6-7-8-9-10-11-12-13-14-15-16-17-24-18-20-25(21-19-24)27(30)23(2)22-26(28)29/h18-22H,3-17H2,1-2H3,(H,28,29)/b23-22-. The second-order valence-electron chi connectivity index (χ2n) is 8.54. The van der Waals surface area contributed by atoms with Gasteiger partial charge < -0.3 is 5.11 Å².